The van der Waals surface area contributed by atoms with Gasteiger partial charge in [-0.3, -0.25) is 14.4 Å². The molecule has 3 rings (SSSR count). The third-order valence-corrected chi connectivity index (χ3v) is 4.52. The van der Waals surface area contributed by atoms with Gasteiger partial charge in [-0.15, -0.1) is 0 Å². The van der Waals surface area contributed by atoms with Gasteiger partial charge in [0.2, 0.25) is 11.8 Å². The Hall–Kier alpha value is -2.66. The van der Waals surface area contributed by atoms with Crippen LogP contribution in [0.2, 0.25) is 5.02 Å². The zero-order chi connectivity index (χ0) is 18.0. The van der Waals surface area contributed by atoms with Crippen molar-refractivity contribution in [3.05, 3.63) is 59.1 Å². The van der Waals surface area contributed by atoms with Gasteiger partial charge in [-0.2, -0.15) is 0 Å². The molecule has 0 aliphatic carbocycles. The summed E-state index contributed by atoms with van der Waals surface area (Å²) < 4.78 is 0. The average Bonchev–Trinajstić information content (AvgIpc) is 2.97. The first-order valence-corrected chi connectivity index (χ1v) is 8.31. The molecule has 1 fully saturated rings. The van der Waals surface area contributed by atoms with Gasteiger partial charge >= 0.3 is 0 Å². The summed E-state index contributed by atoms with van der Waals surface area (Å²) in [7, 11) is 0. The van der Waals surface area contributed by atoms with Gasteiger partial charge in [0.25, 0.3) is 0 Å². The lowest BCUT2D eigenvalue weighted by Gasteiger charge is -2.18. The van der Waals surface area contributed by atoms with Crippen molar-refractivity contribution < 1.29 is 14.4 Å². The summed E-state index contributed by atoms with van der Waals surface area (Å²) >= 11 is 6.15. The molecule has 1 atom stereocenters. The maximum absolute atomic E-state index is 12.6. The molecule has 0 spiro atoms. The highest BCUT2D eigenvalue weighted by Crippen LogP contribution is 2.31. The number of carbonyl (C=O) groups excluding carboxylic acids is 3. The van der Waals surface area contributed by atoms with Crippen LogP contribution in [0.3, 0.4) is 0 Å². The minimum atomic E-state index is -0.496. The summed E-state index contributed by atoms with van der Waals surface area (Å²) in [5.41, 5.74) is 1.51. The predicted molar refractivity (Wildman–Crippen MR) is 97.0 cm³/mol. The lowest BCUT2D eigenvalue weighted by Crippen LogP contribution is -2.28. The average molecular weight is 357 g/mol. The second-order valence-electron chi connectivity index (χ2n) is 5.95. The minimum Gasteiger partial charge on any atom is -0.325 e. The van der Waals surface area contributed by atoms with E-state index in [-0.39, 0.29) is 30.6 Å². The highest BCUT2D eigenvalue weighted by Gasteiger charge is 2.36. The molecule has 0 aromatic heterocycles. The molecular weight excluding hydrogens is 340 g/mol. The summed E-state index contributed by atoms with van der Waals surface area (Å²) in [6.45, 7) is 1.71. The summed E-state index contributed by atoms with van der Waals surface area (Å²) in [5.74, 6) is -1.05. The molecule has 25 heavy (non-hydrogen) atoms. The SMILES string of the molecule is CC(=O)c1ccccc1NC(=O)[C@@H]1CC(=O)N(c2ccccc2Cl)C1. The van der Waals surface area contributed by atoms with E-state index in [0.717, 1.165) is 0 Å². The van der Waals surface area contributed by atoms with Crippen molar-refractivity contribution in [2.75, 3.05) is 16.8 Å². The monoisotopic (exact) mass is 356 g/mol. The van der Waals surface area contributed by atoms with Gasteiger partial charge in [0.15, 0.2) is 5.78 Å². The highest BCUT2D eigenvalue weighted by atomic mass is 35.5. The summed E-state index contributed by atoms with van der Waals surface area (Å²) in [6.07, 6.45) is 0.110. The van der Waals surface area contributed by atoms with E-state index >= 15 is 0 Å². The maximum atomic E-state index is 12.6. The molecule has 0 unspecified atom stereocenters. The first-order valence-electron chi connectivity index (χ1n) is 7.93. The van der Waals surface area contributed by atoms with Crippen LogP contribution in [0.1, 0.15) is 23.7 Å². The zero-order valence-corrected chi connectivity index (χ0v) is 14.4. The number of ketones is 1. The van der Waals surface area contributed by atoms with Crippen LogP contribution < -0.4 is 10.2 Å². The molecular formula is C19H17ClN2O3. The van der Waals surface area contributed by atoms with Gasteiger partial charge < -0.3 is 10.2 Å². The lowest BCUT2D eigenvalue weighted by atomic mass is 10.1. The number of para-hydroxylation sites is 2. The molecule has 1 N–H and O–H groups in total. The zero-order valence-electron chi connectivity index (χ0n) is 13.7. The van der Waals surface area contributed by atoms with Gasteiger partial charge in [-0.05, 0) is 31.2 Å². The van der Waals surface area contributed by atoms with Gasteiger partial charge in [-0.1, -0.05) is 35.9 Å². The standard InChI is InChI=1S/C19H17ClN2O3/c1-12(23)14-6-2-4-8-16(14)21-19(25)13-10-18(24)22(11-13)17-9-5-3-7-15(17)20/h2-9,13H,10-11H2,1H3,(H,21,25)/t13-/m1/s1. The number of Topliss-reactive ketones (excluding diaryl/α,β-unsaturated/α-hetero) is 1. The lowest BCUT2D eigenvalue weighted by molar-refractivity contribution is -0.122. The number of nitrogens with zero attached hydrogens (tertiary/aromatic N) is 1. The van der Waals surface area contributed by atoms with E-state index in [0.29, 0.717) is 22.0 Å². The van der Waals surface area contributed by atoms with Crippen LogP contribution in [0.5, 0.6) is 0 Å². The number of hydrogen-bond donors (Lipinski definition) is 1. The van der Waals surface area contributed by atoms with E-state index < -0.39 is 5.92 Å². The number of hydrogen-bond acceptors (Lipinski definition) is 3. The van der Waals surface area contributed by atoms with Gasteiger partial charge in [0, 0.05) is 18.5 Å². The molecule has 5 nitrogen and oxygen atoms in total. The minimum absolute atomic E-state index is 0.110. The summed E-state index contributed by atoms with van der Waals surface area (Å²) in [5, 5.41) is 3.24. The Labute approximate surface area is 150 Å². The smallest absolute Gasteiger partial charge is 0.229 e. The van der Waals surface area contributed by atoms with Crippen molar-refractivity contribution in [1.29, 1.82) is 0 Å². The van der Waals surface area contributed by atoms with E-state index in [2.05, 4.69) is 5.32 Å². The van der Waals surface area contributed by atoms with E-state index in [1.54, 1.807) is 48.5 Å². The van der Waals surface area contributed by atoms with Crippen molar-refractivity contribution in [2.45, 2.75) is 13.3 Å². The fourth-order valence-electron chi connectivity index (χ4n) is 2.92. The van der Waals surface area contributed by atoms with Crippen LogP contribution >= 0.6 is 11.6 Å². The third kappa shape index (κ3) is 3.56. The molecule has 128 valence electrons. The number of halogens is 1. The topological polar surface area (TPSA) is 66.5 Å². The first-order chi connectivity index (χ1) is 12.0. The number of benzene rings is 2. The first kappa shape index (κ1) is 17.2. The van der Waals surface area contributed by atoms with E-state index in [1.165, 1.54) is 11.8 Å². The number of anilines is 2. The Kier molecular flexibility index (Phi) is 4.86. The fraction of sp³-hybridized carbons (Fsp3) is 0.211. The Morgan fingerprint density at radius 1 is 1.12 bits per heavy atom. The third-order valence-electron chi connectivity index (χ3n) is 4.20. The predicted octanol–water partition coefficient (Wildman–Crippen LogP) is 3.53. The fourth-order valence-corrected chi connectivity index (χ4v) is 3.16. The second kappa shape index (κ2) is 7.07. The maximum Gasteiger partial charge on any atom is 0.229 e. The quantitative estimate of drug-likeness (QED) is 0.852. The molecule has 2 aromatic carbocycles. The molecule has 1 aliphatic heterocycles. The highest BCUT2D eigenvalue weighted by molar-refractivity contribution is 6.34. The molecule has 1 aliphatic rings. The number of nitrogens with one attached hydrogen (secondary N) is 1. The number of rotatable bonds is 4. The molecule has 0 saturated carbocycles. The van der Waals surface area contributed by atoms with Crippen molar-refractivity contribution in [1.82, 2.24) is 0 Å². The van der Waals surface area contributed by atoms with Crippen LogP contribution in [0.15, 0.2) is 48.5 Å². The Morgan fingerprint density at radius 2 is 1.80 bits per heavy atom. The Balaban J connectivity index is 1.76. The molecule has 0 radical (unpaired) electrons. The van der Waals surface area contributed by atoms with E-state index in [4.69, 9.17) is 11.6 Å². The molecule has 2 amide bonds. The van der Waals surface area contributed by atoms with Crippen LogP contribution in [-0.2, 0) is 9.59 Å². The van der Waals surface area contributed by atoms with Crippen LogP contribution in [0, 0.1) is 5.92 Å². The number of carbonyl (C=O) groups is 3. The Bertz CT molecular complexity index is 850. The van der Waals surface area contributed by atoms with Crippen molar-refractivity contribution >= 4 is 40.6 Å². The van der Waals surface area contributed by atoms with Gasteiger partial charge in [0.05, 0.1) is 22.3 Å². The summed E-state index contributed by atoms with van der Waals surface area (Å²) in [6, 6.07) is 13.9. The normalized spacial score (nSPS) is 16.8. The van der Waals surface area contributed by atoms with Crippen molar-refractivity contribution in [2.24, 2.45) is 5.92 Å². The van der Waals surface area contributed by atoms with Crippen LogP contribution in [0.4, 0.5) is 11.4 Å². The second-order valence-corrected chi connectivity index (χ2v) is 6.36. The molecule has 1 heterocycles. The molecule has 6 heteroatoms. The van der Waals surface area contributed by atoms with E-state index in [9.17, 15) is 14.4 Å². The van der Waals surface area contributed by atoms with E-state index in [1.807, 2.05) is 0 Å². The summed E-state index contributed by atoms with van der Waals surface area (Å²) in [4.78, 5) is 38.1. The Morgan fingerprint density at radius 3 is 2.52 bits per heavy atom. The van der Waals surface area contributed by atoms with Crippen LogP contribution in [0.25, 0.3) is 0 Å². The molecule has 2 aromatic rings. The van der Waals surface area contributed by atoms with Crippen molar-refractivity contribution in [3.63, 3.8) is 0 Å². The largest absolute Gasteiger partial charge is 0.325 e. The van der Waals surface area contributed by atoms with Gasteiger partial charge in [-0.25, -0.2) is 0 Å². The molecule has 0 bridgehead atoms. The molecule has 1 saturated heterocycles. The van der Waals surface area contributed by atoms with Crippen molar-refractivity contribution in [3.8, 4) is 0 Å². The van der Waals surface area contributed by atoms with Crippen LogP contribution in [-0.4, -0.2) is 24.1 Å². The van der Waals surface area contributed by atoms with Gasteiger partial charge in [0.1, 0.15) is 0 Å². The number of amides is 2.